The highest BCUT2D eigenvalue weighted by molar-refractivity contribution is 4.94. The van der Waals surface area contributed by atoms with Gasteiger partial charge in [-0.1, -0.05) is 0 Å². The van der Waals surface area contributed by atoms with Crippen LogP contribution in [0.25, 0.3) is 0 Å². The molecule has 4 heteroatoms. The molecule has 0 aromatic carbocycles. The van der Waals surface area contributed by atoms with Crippen LogP contribution in [0.1, 0.15) is 12.7 Å². The first-order valence-corrected chi connectivity index (χ1v) is 4.70. The Morgan fingerprint density at radius 3 is 3.00 bits per heavy atom. The quantitative estimate of drug-likeness (QED) is 0.718. The molecule has 0 aliphatic carbocycles. The van der Waals surface area contributed by atoms with Gasteiger partial charge in [-0.15, -0.1) is 0 Å². The minimum absolute atomic E-state index is 0.120. The molecule has 2 rings (SSSR count). The van der Waals surface area contributed by atoms with E-state index < -0.39 is 0 Å². The van der Waals surface area contributed by atoms with Crippen LogP contribution in [-0.2, 0) is 13.1 Å². The van der Waals surface area contributed by atoms with Gasteiger partial charge in [0.1, 0.15) is 5.82 Å². The van der Waals surface area contributed by atoms with Gasteiger partial charge in [0.15, 0.2) is 0 Å². The Morgan fingerprint density at radius 1 is 1.62 bits per heavy atom. The molecular weight excluding hydrogens is 166 g/mol. The molecule has 1 aromatic heterocycles. The average molecular weight is 181 g/mol. The molecule has 1 fully saturated rings. The SMILES string of the molecule is CCn1ccnc1CN1CC(O)C1. The molecule has 0 radical (unpaired) electrons. The lowest BCUT2D eigenvalue weighted by molar-refractivity contribution is -0.00480. The largest absolute Gasteiger partial charge is 0.390 e. The van der Waals surface area contributed by atoms with Crippen molar-refractivity contribution >= 4 is 0 Å². The van der Waals surface area contributed by atoms with Crippen molar-refractivity contribution in [3.8, 4) is 0 Å². The van der Waals surface area contributed by atoms with Gasteiger partial charge in [-0.3, -0.25) is 4.90 Å². The Bertz CT molecular complexity index is 278. The van der Waals surface area contributed by atoms with E-state index in [2.05, 4.69) is 21.4 Å². The fourth-order valence-corrected chi connectivity index (χ4v) is 1.65. The first-order chi connectivity index (χ1) is 6.29. The lowest BCUT2D eigenvalue weighted by Gasteiger charge is -2.35. The smallest absolute Gasteiger partial charge is 0.122 e. The summed E-state index contributed by atoms with van der Waals surface area (Å²) < 4.78 is 2.13. The van der Waals surface area contributed by atoms with Gasteiger partial charge in [0.25, 0.3) is 0 Å². The maximum atomic E-state index is 9.10. The zero-order valence-corrected chi connectivity index (χ0v) is 7.85. The third kappa shape index (κ3) is 1.73. The summed E-state index contributed by atoms with van der Waals surface area (Å²) in [7, 11) is 0. The van der Waals surface area contributed by atoms with E-state index in [1.807, 2.05) is 12.4 Å². The number of hydrogen-bond donors (Lipinski definition) is 1. The van der Waals surface area contributed by atoms with E-state index in [-0.39, 0.29) is 6.10 Å². The van der Waals surface area contributed by atoms with Crippen LogP contribution < -0.4 is 0 Å². The normalized spacial score (nSPS) is 18.9. The van der Waals surface area contributed by atoms with Crippen LogP contribution in [0.3, 0.4) is 0 Å². The van der Waals surface area contributed by atoms with Crippen LogP contribution in [-0.4, -0.2) is 38.8 Å². The molecule has 1 saturated heterocycles. The second-order valence-corrected chi connectivity index (χ2v) is 3.48. The van der Waals surface area contributed by atoms with Crippen molar-refractivity contribution < 1.29 is 5.11 Å². The predicted molar refractivity (Wildman–Crippen MR) is 49.2 cm³/mol. The summed E-state index contributed by atoms with van der Waals surface area (Å²) in [6.45, 7) is 5.51. The molecule has 2 heterocycles. The van der Waals surface area contributed by atoms with Crippen LogP contribution in [0, 0.1) is 0 Å². The maximum Gasteiger partial charge on any atom is 0.122 e. The number of likely N-dealkylation sites (tertiary alicyclic amines) is 1. The predicted octanol–water partition coefficient (Wildman–Crippen LogP) is 0.0795. The lowest BCUT2D eigenvalue weighted by Crippen LogP contribution is -2.50. The third-order valence-corrected chi connectivity index (χ3v) is 2.45. The number of imidazole rings is 1. The number of rotatable bonds is 3. The highest BCUT2D eigenvalue weighted by atomic mass is 16.3. The van der Waals surface area contributed by atoms with Gasteiger partial charge in [-0.25, -0.2) is 4.98 Å². The molecule has 0 bridgehead atoms. The summed E-state index contributed by atoms with van der Waals surface area (Å²) in [5, 5.41) is 9.10. The van der Waals surface area contributed by atoms with Crippen molar-refractivity contribution in [3.63, 3.8) is 0 Å². The Morgan fingerprint density at radius 2 is 2.38 bits per heavy atom. The Balaban J connectivity index is 1.94. The first kappa shape index (κ1) is 8.72. The summed E-state index contributed by atoms with van der Waals surface area (Å²) in [6, 6.07) is 0. The van der Waals surface area contributed by atoms with E-state index in [1.54, 1.807) is 0 Å². The van der Waals surface area contributed by atoms with Gasteiger partial charge in [0, 0.05) is 32.0 Å². The fourth-order valence-electron chi connectivity index (χ4n) is 1.65. The molecule has 0 spiro atoms. The molecule has 0 unspecified atom stereocenters. The Hall–Kier alpha value is -0.870. The first-order valence-electron chi connectivity index (χ1n) is 4.70. The van der Waals surface area contributed by atoms with Crippen molar-refractivity contribution in [1.29, 1.82) is 0 Å². The van der Waals surface area contributed by atoms with Crippen LogP contribution in [0.4, 0.5) is 0 Å². The molecule has 13 heavy (non-hydrogen) atoms. The molecule has 1 aromatic rings. The monoisotopic (exact) mass is 181 g/mol. The number of nitrogens with zero attached hydrogens (tertiary/aromatic N) is 3. The van der Waals surface area contributed by atoms with Crippen LogP contribution in [0.5, 0.6) is 0 Å². The number of β-amino-alcohol motifs (C(OH)–C–C–N with tert-alkyl or cyclic N) is 1. The van der Waals surface area contributed by atoms with Gasteiger partial charge in [-0.2, -0.15) is 0 Å². The molecular formula is C9H15N3O. The van der Waals surface area contributed by atoms with Crippen molar-refractivity contribution in [3.05, 3.63) is 18.2 Å². The van der Waals surface area contributed by atoms with Gasteiger partial charge in [-0.05, 0) is 6.92 Å². The van der Waals surface area contributed by atoms with Gasteiger partial charge in [0.05, 0.1) is 12.6 Å². The Kier molecular flexibility index (Phi) is 2.33. The van der Waals surface area contributed by atoms with E-state index in [0.717, 1.165) is 32.0 Å². The Labute approximate surface area is 77.8 Å². The van der Waals surface area contributed by atoms with E-state index in [0.29, 0.717) is 0 Å². The van der Waals surface area contributed by atoms with Crippen LogP contribution in [0.15, 0.2) is 12.4 Å². The number of aliphatic hydroxyl groups is 1. The van der Waals surface area contributed by atoms with E-state index in [4.69, 9.17) is 5.11 Å². The minimum Gasteiger partial charge on any atom is -0.390 e. The summed E-state index contributed by atoms with van der Waals surface area (Å²) in [5.74, 6) is 1.09. The highest BCUT2D eigenvalue weighted by Crippen LogP contribution is 2.11. The van der Waals surface area contributed by atoms with Crippen LogP contribution >= 0.6 is 0 Å². The second-order valence-electron chi connectivity index (χ2n) is 3.48. The second kappa shape index (κ2) is 3.47. The minimum atomic E-state index is -0.120. The van der Waals surface area contributed by atoms with Crippen molar-refractivity contribution in [2.24, 2.45) is 0 Å². The molecule has 4 nitrogen and oxygen atoms in total. The van der Waals surface area contributed by atoms with E-state index in [9.17, 15) is 0 Å². The van der Waals surface area contributed by atoms with Crippen molar-refractivity contribution in [2.45, 2.75) is 26.1 Å². The zero-order chi connectivity index (χ0) is 9.26. The van der Waals surface area contributed by atoms with Gasteiger partial charge >= 0.3 is 0 Å². The molecule has 0 amide bonds. The number of aryl methyl sites for hydroxylation is 1. The number of aromatic nitrogens is 2. The zero-order valence-electron chi connectivity index (χ0n) is 7.85. The standard InChI is InChI=1S/C9H15N3O/c1-2-12-4-3-10-9(12)7-11-5-8(13)6-11/h3-4,8,13H,2,5-7H2,1H3. The maximum absolute atomic E-state index is 9.10. The molecule has 1 N–H and O–H groups in total. The van der Waals surface area contributed by atoms with Gasteiger partial charge < -0.3 is 9.67 Å². The van der Waals surface area contributed by atoms with Crippen LogP contribution in [0.2, 0.25) is 0 Å². The van der Waals surface area contributed by atoms with Gasteiger partial charge in [0.2, 0.25) is 0 Å². The summed E-state index contributed by atoms with van der Waals surface area (Å²) in [6.07, 6.45) is 3.70. The average Bonchev–Trinajstić information content (AvgIpc) is 2.49. The number of hydrogen-bond acceptors (Lipinski definition) is 3. The van der Waals surface area contributed by atoms with Crippen molar-refractivity contribution in [1.82, 2.24) is 14.5 Å². The summed E-state index contributed by atoms with van der Waals surface area (Å²) in [5.41, 5.74) is 0. The summed E-state index contributed by atoms with van der Waals surface area (Å²) in [4.78, 5) is 6.47. The van der Waals surface area contributed by atoms with E-state index >= 15 is 0 Å². The molecule has 72 valence electrons. The lowest BCUT2D eigenvalue weighted by atomic mass is 10.2. The highest BCUT2D eigenvalue weighted by Gasteiger charge is 2.24. The third-order valence-electron chi connectivity index (χ3n) is 2.45. The van der Waals surface area contributed by atoms with Crippen molar-refractivity contribution in [2.75, 3.05) is 13.1 Å². The molecule has 1 aliphatic heterocycles. The fraction of sp³-hybridized carbons (Fsp3) is 0.667. The molecule has 0 atom stereocenters. The summed E-state index contributed by atoms with van der Waals surface area (Å²) >= 11 is 0. The van der Waals surface area contributed by atoms with E-state index in [1.165, 1.54) is 0 Å². The topological polar surface area (TPSA) is 41.3 Å². The molecule has 0 saturated carbocycles. The number of aliphatic hydroxyl groups excluding tert-OH is 1. The molecule has 1 aliphatic rings.